The van der Waals surface area contributed by atoms with Crippen LogP contribution in [-0.2, 0) is 14.3 Å². The summed E-state index contributed by atoms with van der Waals surface area (Å²) in [5.41, 5.74) is 7.17. The minimum Gasteiger partial charge on any atom is -0.475 e. The van der Waals surface area contributed by atoms with Crippen molar-refractivity contribution in [1.82, 2.24) is 5.32 Å². The molecule has 0 bridgehead atoms. The number of hydrogen-bond acceptors (Lipinski definition) is 7. The summed E-state index contributed by atoms with van der Waals surface area (Å²) < 4.78 is 37.6. The SMILES string of the molecule is N[C@@H]1CCN(c2ccc(N3C[C@H](CNC(=O)c4ccc(Cl)s4)OC3=O)cc2)C1=O.O=C(O)C(F)(F)F. The number of aliphatic carboxylic acids is 1. The summed E-state index contributed by atoms with van der Waals surface area (Å²) in [7, 11) is 0. The molecule has 194 valence electrons. The number of anilines is 2. The summed E-state index contributed by atoms with van der Waals surface area (Å²) in [6, 6.07) is 9.96. The number of nitrogens with one attached hydrogen (secondary N) is 1. The fraction of sp³-hybridized carbons (Fsp3) is 0.333. The van der Waals surface area contributed by atoms with E-state index in [-0.39, 0.29) is 18.4 Å². The molecule has 2 atom stereocenters. The molecule has 2 aliphatic heterocycles. The number of carboxylic acids is 1. The third-order valence-corrected chi connectivity index (χ3v) is 6.35. The van der Waals surface area contributed by atoms with Crippen LogP contribution in [0.3, 0.4) is 0 Å². The van der Waals surface area contributed by atoms with Gasteiger partial charge >= 0.3 is 18.2 Å². The van der Waals surface area contributed by atoms with E-state index in [2.05, 4.69) is 5.32 Å². The number of nitrogens with zero attached hydrogens (tertiary/aromatic N) is 2. The van der Waals surface area contributed by atoms with E-state index in [1.807, 2.05) is 0 Å². The van der Waals surface area contributed by atoms with Crippen LogP contribution in [0.1, 0.15) is 16.1 Å². The fourth-order valence-electron chi connectivity index (χ4n) is 3.34. The minimum atomic E-state index is -5.08. The summed E-state index contributed by atoms with van der Waals surface area (Å²) in [4.78, 5) is 48.9. The van der Waals surface area contributed by atoms with Crippen LogP contribution in [0.4, 0.5) is 29.3 Å². The molecule has 0 spiro atoms. The molecule has 3 heterocycles. The van der Waals surface area contributed by atoms with E-state index < -0.39 is 30.4 Å². The van der Waals surface area contributed by atoms with Crippen LogP contribution in [-0.4, -0.2) is 66.9 Å². The topological polar surface area (TPSA) is 142 Å². The van der Waals surface area contributed by atoms with Gasteiger partial charge in [0.15, 0.2) is 0 Å². The molecular formula is C21H20ClF3N4O6S. The third kappa shape index (κ3) is 6.65. The second-order valence-corrected chi connectivity index (χ2v) is 9.35. The van der Waals surface area contributed by atoms with E-state index >= 15 is 0 Å². The van der Waals surface area contributed by atoms with E-state index in [9.17, 15) is 27.6 Å². The number of halogens is 4. The Morgan fingerprint density at radius 3 is 2.19 bits per heavy atom. The van der Waals surface area contributed by atoms with Gasteiger partial charge in [-0.1, -0.05) is 11.6 Å². The predicted molar refractivity (Wildman–Crippen MR) is 124 cm³/mol. The highest BCUT2D eigenvalue weighted by molar-refractivity contribution is 7.18. The van der Waals surface area contributed by atoms with Gasteiger partial charge < -0.3 is 25.8 Å². The second kappa shape index (κ2) is 11.1. The number of ether oxygens (including phenoxy) is 1. The number of thiophene rings is 1. The largest absolute Gasteiger partial charge is 0.490 e. The summed E-state index contributed by atoms with van der Waals surface area (Å²) in [5.74, 6) is -3.11. The molecule has 4 N–H and O–H groups in total. The highest BCUT2D eigenvalue weighted by atomic mass is 35.5. The molecule has 2 aromatic rings. The molecule has 10 nitrogen and oxygen atoms in total. The Kier molecular flexibility index (Phi) is 8.43. The molecule has 2 aliphatic rings. The Morgan fingerprint density at radius 2 is 1.72 bits per heavy atom. The maximum Gasteiger partial charge on any atom is 0.490 e. The van der Waals surface area contributed by atoms with E-state index in [1.54, 1.807) is 41.3 Å². The van der Waals surface area contributed by atoms with Crippen LogP contribution < -0.4 is 20.9 Å². The van der Waals surface area contributed by atoms with Crippen molar-refractivity contribution in [3.63, 3.8) is 0 Å². The fourth-order valence-corrected chi connectivity index (χ4v) is 4.30. The lowest BCUT2D eigenvalue weighted by atomic mass is 10.2. The lowest BCUT2D eigenvalue weighted by Crippen LogP contribution is -2.34. The molecule has 3 amide bonds. The molecule has 36 heavy (non-hydrogen) atoms. The first-order valence-electron chi connectivity index (χ1n) is 10.4. The van der Waals surface area contributed by atoms with Gasteiger partial charge in [0.1, 0.15) is 6.10 Å². The van der Waals surface area contributed by atoms with Crippen molar-refractivity contribution in [2.45, 2.75) is 24.7 Å². The second-order valence-electron chi connectivity index (χ2n) is 7.63. The van der Waals surface area contributed by atoms with Crippen molar-refractivity contribution < 1.29 is 42.2 Å². The Morgan fingerprint density at radius 1 is 1.14 bits per heavy atom. The van der Waals surface area contributed by atoms with Gasteiger partial charge in [-0.15, -0.1) is 11.3 Å². The van der Waals surface area contributed by atoms with Gasteiger partial charge in [0.25, 0.3) is 5.91 Å². The van der Waals surface area contributed by atoms with Crippen LogP contribution in [0, 0.1) is 0 Å². The van der Waals surface area contributed by atoms with Crippen molar-refractivity contribution in [3.05, 3.63) is 45.6 Å². The molecule has 2 saturated heterocycles. The molecule has 0 saturated carbocycles. The van der Waals surface area contributed by atoms with Crippen LogP contribution in [0.25, 0.3) is 0 Å². The van der Waals surface area contributed by atoms with Gasteiger partial charge in [-0.3, -0.25) is 14.5 Å². The maximum atomic E-state index is 12.2. The van der Waals surface area contributed by atoms with Crippen molar-refractivity contribution in [1.29, 1.82) is 0 Å². The smallest absolute Gasteiger partial charge is 0.475 e. The van der Waals surface area contributed by atoms with Gasteiger partial charge in [-0.25, -0.2) is 9.59 Å². The van der Waals surface area contributed by atoms with Crippen molar-refractivity contribution in [2.24, 2.45) is 5.73 Å². The van der Waals surface area contributed by atoms with Crippen molar-refractivity contribution >= 4 is 58.2 Å². The first-order valence-corrected chi connectivity index (χ1v) is 11.5. The number of cyclic esters (lactones) is 1. The van der Waals surface area contributed by atoms with E-state index in [1.165, 1.54) is 16.2 Å². The molecular weight excluding hydrogens is 529 g/mol. The lowest BCUT2D eigenvalue weighted by molar-refractivity contribution is -0.192. The summed E-state index contributed by atoms with van der Waals surface area (Å²) in [6.07, 6.45) is -5.39. The Hall–Kier alpha value is -3.36. The zero-order valence-electron chi connectivity index (χ0n) is 18.3. The highest BCUT2D eigenvalue weighted by Crippen LogP contribution is 2.27. The molecule has 2 fully saturated rings. The van der Waals surface area contributed by atoms with E-state index in [0.29, 0.717) is 34.4 Å². The number of alkyl halides is 3. The monoisotopic (exact) mass is 548 g/mol. The molecule has 4 rings (SSSR count). The van der Waals surface area contributed by atoms with E-state index in [0.717, 1.165) is 5.69 Å². The summed E-state index contributed by atoms with van der Waals surface area (Å²) in [5, 5.41) is 9.88. The molecule has 0 unspecified atom stereocenters. The number of carboxylic acid groups (broad SMARTS) is 1. The molecule has 1 aromatic carbocycles. The number of rotatable bonds is 5. The quantitative estimate of drug-likeness (QED) is 0.521. The maximum absolute atomic E-state index is 12.2. The Labute approximate surface area is 211 Å². The number of hydrogen-bond donors (Lipinski definition) is 3. The average Bonchev–Trinajstić information content (AvgIpc) is 3.51. The normalized spacial score (nSPS) is 19.6. The van der Waals surface area contributed by atoms with Crippen LogP contribution >= 0.6 is 22.9 Å². The third-order valence-electron chi connectivity index (χ3n) is 5.12. The minimum absolute atomic E-state index is 0.0961. The number of amides is 3. The van der Waals surface area contributed by atoms with E-state index in [4.69, 9.17) is 32.0 Å². The number of benzene rings is 1. The van der Waals surface area contributed by atoms with Gasteiger partial charge in [-0.2, -0.15) is 13.2 Å². The number of carbonyl (C=O) groups excluding carboxylic acids is 3. The highest BCUT2D eigenvalue weighted by Gasteiger charge is 2.38. The van der Waals surface area contributed by atoms with Crippen LogP contribution in [0.5, 0.6) is 0 Å². The molecule has 1 aromatic heterocycles. The molecule has 0 aliphatic carbocycles. The first kappa shape index (κ1) is 27.2. The average molecular weight is 549 g/mol. The van der Waals surface area contributed by atoms with Crippen molar-refractivity contribution in [3.8, 4) is 0 Å². The first-order chi connectivity index (χ1) is 16.9. The Bertz CT molecular complexity index is 1140. The summed E-state index contributed by atoms with van der Waals surface area (Å²) in [6.45, 7) is 1.11. The van der Waals surface area contributed by atoms with Gasteiger partial charge in [-0.05, 0) is 42.8 Å². The molecule has 15 heteroatoms. The zero-order chi connectivity index (χ0) is 26.6. The number of nitrogens with two attached hydrogens (primary N) is 1. The van der Waals surface area contributed by atoms with Crippen LogP contribution in [0.15, 0.2) is 36.4 Å². The van der Waals surface area contributed by atoms with Crippen LogP contribution in [0.2, 0.25) is 4.34 Å². The Balaban J connectivity index is 0.000000454. The van der Waals surface area contributed by atoms with Gasteiger partial charge in [0.2, 0.25) is 5.91 Å². The molecule has 0 radical (unpaired) electrons. The predicted octanol–water partition coefficient (Wildman–Crippen LogP) is 2.85. The van der Waals surface area contributed by atoms with Crippen molar-refractivity contribution in [2.75, 3.05) is 29.4 Å². The lowest BCUT2D eigenvalue weighted by Gasteiger charge is -2.18. The van der Waals surface area contributed by atoms with Gasteiger partial charge in [0.05, 0.1) is 28.3 Å². The zero-order valence-corrected chi connectivity index (χ0v) is 19.9. The van der Waals surface area contributed by atoms with Gasteiger partial charge in [0, 0.05) is 17.9 Å². The summed E-state index contributed by atoms with van der Waals surface area (Å²) >= 11 is 7.03. The number of carbonyl (C=O) groups is 4. The standard InChI is InChI=1S/C19H19ClN4O4S.C2HF3O2/c20-16-6-5-15(29-16)17(25)22-9-13-10-24(19(27)28-13)12-3-1-11(2-4-12)23-8-7-14(21)18(23)26;3-2(4,5)1(6)7/h1-6,13-14H,7-10,21H2,(H,22,25);(H,6,7)/t13-,14+;/m0./s1.